The van der Waals surface area contributed by atoms with E-state index in [1.54, 1.807) is 18.4 Å². The van der Waals surface area contributed by atoms with Gasteiger partial charge in [-0.15, -0.1) is 11.3 Å². The number of carbonyl (C=O) groups excluding carboxylic acids is 2. The molecule has 1 saturated heterocycles. The van der Waals surface area contributed by atoms with E-state index in [-0.39, 0.29) is 17.9 Å². The maximum atomic E-state index is 14.2. The molecule has 2 aromatic carbocycles. The van der Waals surface area contributed by atoms with Crippen molar-refractivity contribution in [1.82, 2.24) is 9.80 Å². The Morgan fingerprint density at radius 1 is 1.08 bits per heavy atom. The van der Waals surface area contributed by atoms with Gasteiger partial charge >= 0.3 is 0 Å². The molecule has 0 saturated carbocycles. The van der Waals surface area contributed by atoms with Gasteiger partial charge in [0.05, 0.1) is 18.6 Å². The van der Waals surface area contributed by atoms with Crippen molar-refractivity contribution in [2.45, 2.75) is 18.9 Å². The molecule has 0 radical (unpaired) electrons. The summed E-state index contributed by atoms with van der Waals surface area (Å²) >= 11 is 7.85. The molecule has 2 atom stereocenters. The summed E-state index contributed by atoms with van der Waals surface area (Å²) in [5, 5.41) is 2.72. The Balaban J connectivity index is 1.46. The summed E-state index contributed by atoms with van der Waals surface area (Å²) in [6, 6.07) is 17.1. The number of carbonyl (C=O) groups is 2. The summed E-state index contributed by atoms with van der Waals surface area (Å²) < 4.78 is 5.33. The molecule has 8 heteroatoms. The number of nitrogens with zero attached hydrogens (tertiary/aromatic N) is 3. The molecule has 2 aliphatic rings. The van der Waals surface area contributed by atoms with Gasteiger partial charge in [-0.2, -0.15) is 0 Å². The fourth-order valence-electron chi connectivity index (χ4n) is 5.36. The summed E-state index contributed by atoms with van der Waals surface area (Å²) in [5.41, 5.74) is 3.71. The highest BCUT2D eigenvalue weighted by atomic mass is 35.5. The van der Waals surface area contributed by atoms with Crippen LogP contribution in [-0.4, -0.2) is 68.1 Å². The molecule has 1 aromatic heterocycles. The van der Waals surface area contributed by atoms with E-state index >= 15 is 0 Å². The van der Waals surface area contributed by atoms with E-state index in [2.05, 4.69) is 11.8 Å². The molecule has 0 bridgehead atoms. The molecular formula is C28H30ClN3O3S. The SMILES string of the molecule is COCCN1C(=O)c2ccccc2[C@@H](C(=O)N2CCN(c3cc(Cl)ccc3C)CC2)[C@H]1c1cccs1. The average Bonchev–Trinajstić information content (AvgIpc) is 3.44. The minimum Gasteiger partial charge on any atom is -0.383 e. The molecule has 5 rings (SSSR count). The predicted octanol–water partition coefficient (Wildman–Crippen LogP) is 4.99. The molecule has 2 aliphatic heterocycles. The molecule has 0 N–H and O–H groups in total. The number of thiophene rings is 1. The van der Waals surface area contributed by atoms with E-state index in [1.807, 2.05) is 69.8 Å². The number of anilines is 1. The number of rotatable bonds is 6. The summed E-state index contributed by atoms with van der Waals surface area (Å²) in [6.07, 6.45) is 0. The largest absolute Gasteiger partial charge is 0.383 e. The minimum absolute atomic E-state index is 0.0497. The Labute approximate surface area is 221 Å². The van der Waals surface area contributed by atoms with Crippen LogP contribution in [0.4, 0.5) is 5.69 Å². The zero-order valence-electron chi connectivity index (χ0n) is 20.5. The van der Waals surface area contributed by atoms with Gasteiger partial charge in [0.25, 0.3) is 5.91 Å². The topological polar surface area (TPSA) is 53.1 Å². The average molecular weight is 524 g/mol. The molecule has 36 heavy (non-hydrogen) atoms. The second-order valence-corrected chi connectivity index (χ2v) is 10.7. The highest BCUT2D eigenvalue weighted by molar-refractivity contribution is 7.10. The van der Waals surface area contributed by atoms with Gasteiger partial charge in [-0.25, -0.2) is 0 Å². The maximum absolute atomic E-state index is 14.2. The third kappa shape index (κ3) is 4.63. The van der Waals surface area contributed by atoms with Gasteiger partial charge in [0.15, 0.2) is 0 Å². The van der Waals surface area contributed by atoms with Crippen LogP contribution in [0.25, 0.3) is 0 Å². The van der Waals surface area contributed by atoms with Crippen LogP contribution in [0.15, 0.2) is 60.0 Å². The summed E-state index contributed by atoms with van der Waals surface area (Å²) in [7, 11) is 1.63. The van der Waals surface area contributed by atoms with Gasteiger partial charge in [-0.3, -0.25) is 9.59 Å². The van der Waals surface area contributed by atoms with Crippen LogP contribution in [-0.2, 0) is 9.53 Å². The van der Waals surface area contributed by atoms with Gasteiger partial charge in [0, 0.05) is 61.0 Å². The lowest BCUT2D eigenvalue weighted by Crippen LogP contribution is -2.53. The Kier molecular flexibility index (Phi) is 7.32. The number of hydrogen-bond acceptors (Lipinski definition) is 5. The number of benzene rings is 2. The van der Waals surface area contributed by atoms with Gasteiger partial charge in [-0.05, 0) is 47.7 Å². The second-order valence-electron chi connectivity index (χ2n) is 9.26. The number of piperazine rings is 1. The van der Waals surface area contributed by atoms with Crippen LogP contribution in [0.3, 0.4) is 0 Å². The zero-order chi connectivity index (χ0) is 25.2. The van der Waals surface area contributed by atoms with Crippen molar-refractivity contribution >= 4 is 40.4 Å². The third-order valence-electron chi connectivity index (χ3n) is 7.18. The fourth-order valence-corrected chi connectivity index (χ4v) is 6.40. The number of halogens is 1. The Morgan fingerprint density at radius 3 is 2.58 bits per heavy atom. The molecule has 3 heterocycles. The first-order valence-electron chi connectivity index (χ1n) is 12.2. The Hall–Kier alpha value is -2.87. The summed E-state index contributed by atoms with van der Waals surface area (Å²) in [5.74, 6) is -0.446. The van der Waals surface area contributed by atoms with Gasteiger partial charge in [-0.1, -0.05) is 41.9 Å². The van der Waals surface area contributed by atoms with Crippen molar-refractivity contribution in [2.75, 3.05) is 51.3 Å². The molecular weight excluding hydrogens is 494 g/mol. The van der Waals surface area contributed by atoms with E-state index in [1.165, 1.54) is 5.56 Å². The lowest BCUT2D eigenvalue weighted by atomic mass is 9.81. The normalized spacial score (nSPS) is 20.0. The summed E-state index contributed by atoms with van der Waals surface area (Å²) in [6.45, 7) is 5.62. The van der Waals surface area contributed by atoms with Crippen LogP contribution >= 0.6 is 22.9 Å². The van der Waals surface area contributed by atoms with Crippen molar-refractivity contribution in [3.63, 3.8) is 0 Å². The molecule has 0 spiro atoms. The lowest BCUT2D eigenvalue weighted by Gasteiger charge is -2.44. The highest BCUT2D eigenvalue weighted by Crippen LogP contribution is 2.45. The quantitative estimate of drug-likeness (QED) is 0.457. The van der Waals surface area contributed by atoms with E-state index in [0.717, 1.165) is 29.2 Å². The van der Waals surface area contributed by atoms with Gasteiger partial charge in [0.2, 0.25) is 5.91 Å². The zero-order valence-corrected chi connectivity index (χ0v) is 22.1. The van der Waals surface area contributed by atoms with Crippen LogP contribution in [0, 0.1) is 6.92 Å². The van der Waals surface area contributed by atoms with E-state index < -0.39 is 5.92 Å². The third-order valence-corrected chi connectivity index (χ3v) is 8.36. The molecule has 188 valence electrons. The van der Waals surface area contributed by atoms with Crippen LogP contribution in [0.1, 0.15) is 38.3 Å². The standard InChI is InChI=1S/C28H30ClN3O3S/c1-19-9-10-20(29)18-23(19)30-11-13-31(14-12-30)28(34)25-21-6-3-4-7-22(21)27(33)32(15-16-35-2)26(25)24-8-5-17-36-24/h3-10,17-18,25-26H,11-16H2,1-2H3/t25-,26-/m1/s1. The molecule has 0 aliphatic carbocycles. The van der Waals surface area contributed by atoms with Crippen molar-refractivity contribution in [3.05, 3.63) is 86.6 Å². The van der Waals surface area contributed by atoms with Gasteiger partial charge < -0.3 is 19.4 Å². The first-order chi connectivity index (χ1) is 17.5. The second kappa shape index (κ2) is 10.6. The Morgan fingerprint density at radius 2 is 1.86 bits per heavy atom. The summed E-state index contributed by atoms with van der Waals surface area (Å²) in [4.78, 5) is 34.9. The number of methoxy groups -OCH3 is 1. The molecule has 0 unspecified atom stereocenters. The first kappa shape index (κ1) is 24.8. The van der Waals surface area contributed by atoms with E-state index in [0.29, 0.717) is 36.8 Å². The van der Waals surface area contributed by atoms with Crippen LogP contribution < -0.4 is 4.90 Å². The monoisotopic (exact) mass is 523 g/mol. The molecule has 2 amide bonds. The van der Waals surface area contributed by atoms with Crippen molar-refractivity contribution in [2.24, 2.45) is 0 Å². The first-order valence-corrected chi connectivity index (χ1v) is 13.5. The predicted molar refractivity (Wildman–Crippen MR) is 144 cm³/mol. The number of amides is 2. The molecule has 6 nitrogen and oxygen atoms in total. The molecule has 3 aromatic rings. The van der Waals surface area contributed by atoms with Crippen molar-refractivity contribution in [1.29, 1.82) is 0 Å². The maximum Gasteiger partial charge on any atom is 0.254 e. The lowest BCUT2D eigenvalue weighted by molar-refractivity contribution is -0.135. The van der Waals surface area contributed by atoms with Crippen LogP contribution in [0.5, 0.6) is 0 Å². The highest BCUT2D eigenvalue weighted by Gasteiger charge is 2.46. The number of ether oxygens (including phenoxy) is 1. The number of hydrogen-bond donors (Lipinski definition) is 0. The van der Waals surface area contributed by atoms with Crippen LogP contribution in [0.2, 0.25) is 5.02 Å². The minimum atomic E-state index is -0.464. The Bertz CT molecular complexity index is 1240. The number of aryl methyl sites for hydroxylation is 1. The number of fused-ring (bicyclic) bond motifs is 1. The molecule has 1 fully saturated rings. The van der Waals surface area contributed by atoms with Crippen molar-refractivity contribution in [3.8, 4) is 0 Å². The van der Waals surface area contributed by atoms with E-state index in [9.17, 15) is 9.59 Å². The smallest absolute Gasteiger partial charge is 0.254 e. The van der Waals surface area contributed by atoms with Gasteiger partial charge in [0.1, 0.15) is 0 Å². The van der Waals surface area contributed by atoms with E-state index in [4.69, 9.17) is 16.3 Å². The fraction of sp³-hybridized carbons (Fsp3) is 0.357. The van der Waals surface area contributed by atoms with Crippen molar-refractivity contribution < 1.29 is 14.3 Å².